The second-order valence-electron chi connectivity index (χ2n) is 7.38. The predicted molar refractivity (Wildman–Crippen MR) is 103 cm³/mol. The Labute approximate surface area is 167 Å². The highest BCUT2D eigenvalue weighted by molar-refractivity contribution is 5.98. The predicted octanol–water partition coefficient (Wildman–Crippen LogP) is 2.24. The maximum Gasteiger partial charge on any atom is 0.305 e. The topological polar surface area (TPSA) is 121 Å². The van der Waals surface area contributed by atoms with Crippen LogP contribution in [0.3, 0.4) is 0 Å². The van der Waals surface area contributed by atoms with E-state index in [9.17, 15) is 19.6 Å². The van der Waals surface area contributed by atoms with Crippen LogP contribution in [0.15, 0.2) is 28.7 Å². The molecule has 1 heterocycles. The average molecular weight is 403 g/mol. The van der Waals surface area contributed by atoms with Crippen LogP contribution in [0, 0.1) is 11.8 Å². The van der Waals surface area contributed by atoms with Crippen LogP contribution >= 0.6 is 0 Å². The molecule has 3 amide bonds. The third-order valence-corrected chi connectivity index (χ3v) is 5.42. The molecule has 1 aromatic heterocycles. The Morgan fingerprint density at radius 3 is 2.66 bits per heavy atom. The van der Waals surface area contributed by atoms with E-state index in [1.54, 1.807) is 18.2 Å². The highest BCUT2D eigenvalue weighted by Gasteiger charge is 2.35. The number of fused-ring (bicyclic) bond motifs is 1. The van der Waals surface area contributed by atoms with Gasteiger partial charge in [-0.25, -0.2) is 5.06 Å². The van der Waals surface area contributed by atoms with E-state index in [2.05, 4.69) is 17.8 Å². The maximum atomic E-state index is 12.6. The summed E-state index contributed by atoms with van der Waals surface area (Å²) in [6, 6.07) is 5.70. The number of amides is 3. The number of nitrogens with zero attached hydrogens (tertiary/aromatic N) is 1. The summed E-state index contributed by atoms with van der Waals surface area (Å²) in [6.45, 7) is 2.13. The molecule has 0 radical (unpaired) electrons. The minimum absolute atomic E-state index is 0.0101. The van der Waals surface area contributed by atoms with E-state index in [0.29, 0.717) is 40.5 Å². The second kappa shape index (κ2) is 8.95. The molecule has 2 aromatic rings. The lowest BCUT2D eigenvalue weighted by Crippen LogP contribution is -2.54. The molecule has 0 saturated heterocycles. The molecular weight excluding hydrogens is 378 g/mol. The molecule has 156 valence electrons. The van der Waals surface area contributed by atoms with Gasteiger partial charge in [0.25, 0.3) is 5.91 Å². The molecule has 3 N–H and O–H groups in total. The Morgan fingerprint density at radius 2 is 2.00 bits per heavy atom. The van der Waals surface area contributed by atoms with Crippen LogP contribution in [0.2, 0.25) is 0 Å². The minimum Gasteiger partial charge on any atom is -0.493 e. The summed E-state index contributed by atoms with van der Waals surface area (Å²) >= 11 is 0. The van der Waals surface area contributed by atoms with Gasteiger partial charge < -0.3 is 9.15 Å². The average Bonchev–Trinajstić information content (AvgIpc) is 3.18. The van der Waals surface area contributed by atoms with Crippen molar-refractivity contribution in [1.29, 1.82) is 0 Å². The number of rotatable bonds is 6. The van der Waals surface area contributed by atoms with Gasteiger partial charge in [-0.3, -0.25) is 30.4 Å². The normalized spacial score (nSPS) is 20.0. The Kier molecular flexibility index (Phi) is 6.38. The fraction of sp³-hybridized carbons (Fsp3) is 0.450. The first-order valence-corrected chi connectivity index (χ1v) is 9.53. The van der Waals surface area contributed by atoms with Crippen molar-refractivity contribution in [2.75, 3.05) is 7.11 Å². The van der Waals surface area contributed by atoms with E-state index in [1.807, 2.05) is 0 Å². The molecule has 0 bridgehead atoms. The van der Waals surface area contributed by atoms with Gasteiger partial charge in [-0.15, -0.1) is 0 Å². The first kappa shape index (κ1) is 20.7. The number of furan rings is 1. The highest BCUT2D eigenvalue weighted by Crippen LogP contribution is 2.32. The minimum atomic E-state index is -1.07. The fourth-order valence-corrected chi connectivity index (χ4v) is 3.78. The molecule has 1 aliphatic rings. The number of carbonyl (C=O) groups excluding carboxylic acids is 3. The zero-order valence-corrected chi connectivity index (χ0v) is 16.4. The number of benzene rings is 1. The standard InChI is InChI=1S/C20H25N3O6/c1-12-6-8-13(9-7-12)17(23(27)11-24)20(26)22-21-19(25)16-10-14-4-3-5-15(28-2)18(14)29-16/h3-5,10-13,17,27H,6-9H2,1-2H3,(H,21,25)(H,22,26). The number of ether oxygens (including phenoxy) is 1. The molecule has 9 heteroatoms. The van der Waals surface area contributed by atoms with Gasteiger partial charge in [0.1, 0.15) is 6.04 Å². The fourth-order valence-electron chi connectivity index (χ4n) is 3.78. The summed E-state index contributed by atoms with van der Waals surface area (Å²) in [7, 11) is 1.50. The molecule has 0 aliphatic heterocycles. The van der Waals surface area contributed by atoms with E-state index in [4.69, 9.17) is 9.15 Å². The number of hydrazine groups is 1. The molecule has 1 aliphatic carbocycles. The Hall–Kier alpha value is -3.07. The van der Waals surface area contributed by atoms with Crippen molar-refractivity contribution < 1.29 is 28.7 Å². The van der Waals surface area contributed by atoms with Crippen LogP contribution < -0.4 is 15.6 Å². The van der Waals surface area contributed by atoms with Crippen molar-refractivity contribution >= 4 is 29.2 Å². The van der Waals surface area contributed by atoms with Gasteiger partial charge in [0, 0.05) is 5.39 Å². The van der Waals surface area contributed by atoms with Crippen molar-refractivity contribution in [3.63, 3.8) is 0 Å². The van der Waals surface area contributed by atoms with Crippen molar-refractivity contribution in [2.45, 2.75) is 38.6 Å². The Balaban J connectivity index is 1.67. The van der Waals surface area contributed by atoms with Crippen molar-refractivity contribution in [3.05, 3.63) is 30.0 Å². The summed E-state index contributed by atoms with van der Waals surface area (Å²) in [5, 5.41) is 10.9. The number of methoxy groups -OCH3 is 1. The third-order valence-electron chi connectivity index (χ3n) is 5.42. The first-order chi connectivity index (χ1) is 13.9. The van der Waals surface area contributed by atoms with Crippen LogP contribution in [0.5, 0.6) is 5.75 Å². The molecule has 1 aromatic carbocycles. The van der Waals surface area contributed by atoms with E-state index >= 15 is 0 Å². The number of hydroxylamine groups is 2. The van der Waals surface area contributed by atoms with Gasteiger partial charge in [-0.05, 0) is 36.8 Å². The molecule has 1 unspecified atom stereocenters. The van der Waals surface area contributed by atoms with Gasteiger partial charge in [0.15, 0.2) is 17.1 Å². The Morgan fingerprint density at radius 1 is 1.28 bits per heavy atom. The monoisotopic (exact) mass is 403 g/mol. The van der Waals surface area contributed by atoms with Gasteiger partial charge in [-0.1, -0.05) is 31.9 Å². The molecule has 0 spiro atoms. The molecule has 9 nitrogen and oxygen atoms in total. The van der Waals surface area contributed by atoms with Crippen LogP contribution in [0.1, 0.15) is 43.2 Å². The zero-order valence-electron chi connectivity index (χ0n) is 16.4. The van der Waals surface area contributed by atoms with Crippen LogP contribution in [0.25, 0.3) is 11.0 Å². The van der Waals surface area contributed by atoms with Crippen LogP contribution in [-0.4, -0.2) is 41.6 Å². The summed E-state index contributed by atoms with van der Waals surface area (Å²) in [5.74, 6) is -0.496. The molecule has 1 fully saturated rings. The van der Waals surface area contributed by atoms with E-state index in [1.165, 1.54) is 13.2 Å². The van der Waals surface area contributed by atoms with Gasteiger partial charge in [0.2, 0.25) is 6.41 Å². The van der Waals surface area contributed by atoms with E-state index in [-0.39, 0.29) is 18.1 Å². The van der Waals surface area contributed by atoms with Gasteiger partial charge in [0.05, 0.1) is 7.11 Å². The lowest BCUT2D eigenvalue weighted by molar-refractivity contribution is -0.174. The SMILES string of the molecule is COc1cccc2cc(C(=O)NNC(=O)C(C3CCC(C)CC3)N(O)C=O)oc12. The summed E-state index contributed by atoms with van der Waals surface area (Å²) < 4.78 is 10.7. The molecule has 1 atom stereocenters. The van der Waals surface area contributed by atoms with Crippen LogP contribution in [0.4, 0.5) is 0 Å². The van der Waals surface area contributed by atoms with Crippen molar-refractivity contribution in [1.82, 2.24) is 15.9 Å². The number of hydrogen-bond acceptors (Lipinski definition) is 6. The quantitative estimate of drug-likeness (QED) is 0.386. The summed E-state index contributed by atoms with van der Waals surface area (Å²) in [5.41, 5.74) is 4.98. The zero-order chi connectivity index (χ0) is 21.0. The van der Waals surface area contributed by atoms with E-state index < -0.39 is 17.9 Å². The summed E-state index contributed by atoms with van der Waals surface area (Å²) in [6.07, 6.45) is 3.45. The Bertz CT molecular complexity index is 887. The van der Waals surface area contributed by atoms with Crippen molar-refractivity contribution in [3.8, 4) is 5.75 Å². The molecule has 29 heavy (non-hydrogen) atoms. The van der Waals surface area contributed by atoms with Crippen LogP contribution in [-0.2, 0) is 9.59 Å². The first-order valence-electron chi connectivity index (χ1n) is 9.53. The molecule has 3 rings (SSSR count). The number of para-hydroxylation sites is 1. The van der Waals surface area contributed by atoms with E-state index in [0.717, 1.165) is 12.8 Å². The number of hydrogen-bond donors (Lipinski definition) is 3. The van der Waals surface area contributed by atoms with Gasteiger partial charge >= 0.3 is 5.91 Å². The molecular formula is C20H25N3O6. The lowest BCUT2D eigenvalue weighted by atomic mass is 9.79. The highest BCUT2D eigenvalue weighted by atomic mass is 16.5. The van der Waals surface area contributed by atoms with Crippen molar-refractivity contribution in [2.24, 2.45) is 11.8 Å². The largest absolute Gasteiger partial charge is 0.493 e. The smallest absolute Gasteiger partial charge is 0.305 e. The second-order valence-corrected chi connectivity index (χ2v) is 7.38. The maximum absolute atomic E-state index is 12.6. The number of carbonyl (C=O) groups is 3. The van der Waals surface area contributed by atoms with Gasteiger partial charge in [-0.2, -0.15) is 0 Å². The lowest BCUT2D eigenvalue weighted by Gasteiger charge is -2.34. The third kappa shape index (κ3) is 4.51. The number of nitrogens with one attached hydrogen (secondary N) is 2. The summed E-state index contributed by atoms with van der Waals surface area (Å²) in [4.78, 5) is 36.0. The molecule has 1 saturated carbocycles.